The van der Waals surface area contributed by atoms with E-state index >= 15 is 0 Å². The van der Waals surface area contributed by atoms with Crippen LogP contribution in [0.15, 0.2) is 0 Å². The van der Waals surface area contributed by atoms with Gasteiger partial charge in [-0.1, -0.05) is 0 Å². The number of hydrogen-bond donors (Lipinski definition) is 1. The van der Waals surface area contributed by atoms with Crippen molar-refractivity contribution in [2.24, 2.45) is 0 Å². The molecule has 4 atom stereocenters. The van der Waals surface area contributed by atoms with E-state index in [0.29, 0.717) is 24.3 Å². The van der Waals surface area contributed by atoms with Crippen LogP contribution in [0.2, 0.25) is 0 Å². The Balaban J connectivity index is 1.93. The SMILES string of the molecule is CN[C@@H]1[C@@H]2[C@@H]3CCN2C[C@H]1O3. The van der Waals surface area contributed by atoms with Gasteiger partial charge in [-0.05, 0) is 13.5 Å². The van der Waals surface area contributed by atoms with Gasteiger partial charge >= 0.3 is 0 Å². The largest absolute Gasteiger partial charge is 0.370 e. The van der Waals surface area contributed by atoms with E-state index in [4.69, 9.17) is 4.74 Å². The summed E-state index contributed by atoms with van der Waals surface area (Å²) in [5, 5.41) is 3.36. The molecule has 0 aromatic carbocycles. The predicted molar refractivity (Wildman–Crippen MR) is 41.5 cm³/mol. The van der Waals surface area contributed by atoms with E-state index in [1.54, 1.807) is 0 Å². The van der Waals surface area contributed by atoms with E-state index in [-0.39, 0.29) is 0 Å². The van der Waals surface area contributed by atoms with Gasteiger partial charge in [-0.15, -0.1) is 0 Å². The molecule has 0 aromatic heterocycles. The minimum Gasteiger partial charge on any atom is -0.370 e. The lowest BCUT2D eigenvalue weighted by atomic mass is 10.1. The summed E-state index contributed by atoms with van der Waals surface area (Å²) >= 11 is 0. The van der Waals surface area contributed by atoms with Crippen molar-refractivity contribution in [1.82, 2.24) is 10.2 Å². The fraction of sp³-hybridized carbons (Fsp3) is 1.00. The molecule has 0 radical (unpaired) electrons. The van der Waals surface area contributed by atoms with Crippen molar-refractivity contribution < 1.29 is 4.74 Å². The van der Waals surface area contributed by atoms with Gasteiger partial charge in [0.2, 0.25) is 0 Å². The molecule has 0 unspecified atom stereocenters. The second kappa shape index (κ2) is 1.97. The summed E-state index contributed by atoms with van der Waals surface area (Å²) in [6.45, 7) is 2.41. The number of nitrogens with zero attached hydrogens (tertiary/aromatic N) is 1. The molecule has 3 aliphatic rings. The van der Waals surface area contributed by atoms with Gasteiger partial charge in [0.15, 0.2) is 0 Å². The molecule has 62 valence electrons. The number of morpholine rings is 1. The molecular weight excluding hydrogens is 140 g/mol. The number of nitrogens with one attached hydrogen (secondary N) is 1. The van der Waals surface area contributed by atoms with Crippen LogP contribution < -0.4 is 5.32 Å². The first-order valence-corrected chi connectivity index (χ1v) is 4.47. The fourth-order valence-electron chi connectivity index (χ4n) is 2.94. The van der Waals surface area contributed by atoms with Crippen molar-refractivity contribution in [3.8, 4) is 0 Å². The highest BCUT2D eigenvalue weighted by molar-refractivity contribution is 5.11. The second-order valence-corrected chi connectivity index (χ2v) is 3.80. The minimum atomic E-state index is 0.484. The molecule has 3 fully saturated rings. The first-order chi connectivity index (χ1) is 5.40. The molecule has 3 saturated heterocycles. The van der Waals surface area contributed by atoms with Crippen LogP contribution in [0, 0.1) is 0 Å². The van der Waals surface area contributed by atoms with Crippen LogP contribution in [0.3, 0.4) is 0 Å². The maximum absolute atomic E-state index is 5.85. The number of likely N-dealkylation sites (N-methyl/N-ethyl adjacent to an activating group) is 1. The van der Waals surface area contributed by atoms with Crippen molar-refractivity contribution >= 4 is 0 Å². The summed E-state index contributed by atoms with van der Waals surface area (Å²) in [5.74, 6) is 0. The van der Waals surface area contributed by atoms with Gasteiger partial charge < -0.3 is 10.1 Å². The summed E-state index contributed by atoms with van der Waals surface area (Å²) in [7, 11) is 2.05. The topological polar surface area (TPSA) is 24.5 Å². The average molecular weight is 154 g/mol. The molecule has 3 heterocycles. The van der Waals surface area contributed by atoms with Crippen LogP contribution in [-0.2, 0) is 4.74 Å². The van der Waals surface area contributed by atoms with Crippen molar-refractivity contribution in [1.29, 1.82) is 0 Å². The minimum absolute atomic E-state index is 0.484. The van der Waals surface area contributed by atoms with Crippen molar-refractivity contribution in [3.63, 3.8) is 0 Å². The molecule has 0 amide bonds. The van der Waals surface area contributed by atoms with Gasteiger partial charge in [0.25, 0.3) is 0 Å². The molecule has 0 aliphatic carbocycles. The van der Waals surface area contributed by atoms with Gasteiger partial charge in [0.1, 0.15) is 0 Å². The standard InChI is InChI=1S/C8H14N2O/c1-9-7-6-4-10-3-2-5(11-6)8(7)10/h5-9H,2-4H2,1H3/t5-,6+,7-,8-/m0/s1. The third-order valence-electron chi connectivity index (χ3n) is 3.37. The van der Waals surface area contributed by atoms with Gasteiger partial charge in [-0.25, -0.2) is 0 Å². The summed E-state index contributed by atoms with van der Waals surface area (Å²) in [6, 6.07) is 1.31. The Bertz CT molecular complexity index is 171. The maximum Gasteiger partial charge on any atom is 0.0875 e. The molecule has 0 spiro atoms. The number of hydrogen-bond acceptors (Lipinski definition) is 3. The molecule has 3 rings (SSSR count). The Hall–Kier alpha value is -0.120. The Morgan fingerprint density at radius 1 is 1.45 bits per heavy atom. The van der Waals surface area contributed by atoms with Crippen molar-refractivity contribution in [2.75, 3.05) is 20.1 Å². The fourth-order valence-corrected chi connectivity index (χ4v) is 2.94. The molecule has 0 saturated carbocycles. The zero-order chi connectivity index (χ0) is 7.42. The molecule has 2 bridgehead atoms. The van der Waals surface area contributed by atoms with Gasteiger partial charge in [0, 0.05) is 13.1 Å². The Kier molecular flexibility index (Phi) is 1.15. The van der Waals surface area contributed by atoms with Crippen LogP contribution in [0.25, 0.3) is 0 Å². The number of ether oxygens (including phenoxy) is 1. The maximum atomic E-state index is 5.85. The van der Waals surface area contributed by atoms with Crippen LogP contribution >= 0.6 is 0 Å². The monoisotopic (exact) mass is 154 g/mol. The lowest BCUT2D eigenvalue weighted by Gasteiger charge is -2.21. The lowest BCUT2D eigenvalue weighted by Crippen LogP contribution is -2.40. The Morgan fingerprint density at radius 2 is 2.36 bits per heavy atom. The molecule has 1 N–H and O–H groups in total. The molecule has 3 aliphatic heterocycles. The highest BCUT2D eigenvalue weighted by Crippen LogP contribution is 2.39. The van der Waals surface area contributed by atoms with Crippen molar-refractivity contribution in [3.05, 3.63) is 0 Å². The molecule has 11 heavy (non-hydrogen) atoms. The van der Waals surface area contributed by atoms with E-state index in [9.17, 15) is 0 Å². The van der Waals surface area contributed by atoms with E-state index in [2.05, 4.69) is 10.2 Å². The van der Waals surface area contributed by atoms with Gasteiger partial charge in [-0.2, -0.15) is 0 Å². The Labute approximate surface area is 66.7 Å². The van der Waals surface area contributed by atoms with Crippen molar-refractivity contribution in [2.45, 2.75) is 30.7 Å². The van der Waals surface area contributed by atoms with Crippen LogP contribution in [0.4, 0.5) is 0 Å². The quantitative estimate of drug-likeness (QED) is 0.547. The van der Waals surface area contributed by atoms with E-state index in [0.717, 1.165) is 6.54 Å². The third kappa shape index (κ3) is 0.643. The summed E-state index contributed by atoms with van der Waals surface area (Å²) in [5.41, 5.74) is 0. The zero-order valence-electron chi connectivity index (χ0n) is 6.79. The lowest BCUT2D eigenvalue weighted by molar-refractivity contribution is 0.00833. The number of rotatable bonds is 1. The third-order valence-corrected chi connectivity index (χ3v) is 3.37. The average Bonchev–Trinajstić information content (AvgIpc) is 2.55. The van der Waals surface area contributed by atoms with Crippen LogP contribution in [0.5, 0.6) is 0 Å². The van der Waals surface area contributed by atoms with E-state index in [1.165, 1.54) is 13.0 Å². The smallest absolute Gasteiger partial charge is 0.0875 e. The highest BCUT2D eigenvalue weighted by atomic mass is 16.5. The Morgan fingerprint density at radius 3 is 3.00 bits per heavy atom. The predicted octanol–water partition coefficient (Wildman–Crippen LogP) is -0.570. The highest BCUT2D eigenvalue weighted by Gasteiger charge is 2.56. The summed E-state index contributed by atoms with van der Waals surface area (Å²) in [4.78, 5) is 2.57. The van der Waals surface area contributed by atoms with Crippen LogP contribution in [-0.4, -0.2) is 49.3 Å². The molecule has 0 aromatic rings. The summed E-state index contributed by atoms with van der Waals surface area (Å²) in [6.07, 6.45) is 2.28. The summed E-state index contributed by atoms with van der Waals surface area (Å²) < 4.78 is 5.85. The second-order valence-electron chi connectivity index (χ2n) is 3.80. The van der Waals surface area contributed by atoms with E-state index in [1.807, 2.05) is 7.05 Å². The van der Waals surface area contributed by atoms with Gasteiger partial charge in [-0.3, -0.25) is 4.90 Å². The first kappa shape index (κ1) is 6.40. The molecule has 3 heteroatoms. The molecule has 3 nitrogen and oxygen atoms in total. The first-order valence-electron chi connectivity index (χ1n) is 4.47. The van der Waals surface area contributed by atoms with E-state index < -0.39 is 0 Å². The zero-order valence-corrected chi connectivity index (χ0v) is 6.79. The van der Waals surface area contributed by atoms with Gasteiger partial charge in [0.05, 0.1) is 24.3 Å². The number of fused-ring (bicyclic) bond motifs is 1. The van der Waals surface area contributed by atoms with Crippen LogP contribution in [0.1, 0.15) is 6.42 Å². The normalized spacial score (nSPS) is 54.3. The molecular formula is C8H14N2O.